The minimum Gasteiger partial charge on any atom is -0.493 e. The highest BCUT2D eigenvalue weighted by molar-refractivity contribution is 5.39. The van der Waals surface area contributed by atoms with E-state index < -0.39 is 6.10 Å². The number of rotatable bonds is 3. The molecule has 2 heterocycles. The van der Waals surface area contributed by atoms with E-state index in [0.29, 0.717) is 6.61 Å². The predicted octanol–water partition coefficient (Wildman–Crippen LogP) is 2.50. The Morgan fingerprint density at radius 1 is 1.47 bits per heavy atom. The molecule has 2 aromatic rings. The van der Waals surface area contributed by atoms with E-state index in [4.69, 9.17) is 4.74 Å². The second kappa shape index (κ2) is 5.05. The van der Waals surface area contributed by atoms with Gasteiger partial charge in [0.25, 0.3) is 0 Å². The van der Waals surface area contributed by atoms with Crippen LogP contribution in [-0.2, 0) is 6.54 Å². The van der Waals surface area contributed by atoms with Gasteiger partial charge in [0.1, 0.15) is 5.75 Å². The highest BCUT2D eigenvalue weighted by atomic mass is 16.5. The molecule has 4 heteroatoms. The first-order valence-corrected chi connectivity index (χ1v) is 6.71. The molecule has 1 aromatic carbocycles. The molecule has 0 fully saturated rings. The smallest absolute Gasteiger partial charge is 0.122 e. The van der Waals surface area contributed by atoms with Crippen LogP contribution in [0.25, 0.3) is 0 Å². The lowest BCUT2D eigenvalue weighted by Gasteiger charge is -2.29. The molecule has 0 spiro atoms. The van der Waals surface area contributed by atoms with Gasteiger partial charge in [0, 0.05) is 29.8 Å². The summed E-state index contributed by atoms with van der Waals surface area (Å²) in [4.78, 5) is 0. The van der Waals surface area contributed by atoms with Gasteiger partial charge in [0.2, 0.25) is 0 Å². The number of hydrogen-bond donors (Lipinski definition) is 1. The van der Waals surface area contributed by atoms with Crippen molar-refractivity contribution in [2.75, 3.05) is 6.61 Å². The number of aliphatic hydroxyl groups is 1. The van der Waals surface area contributed by atoms with E-state index >= 15 is 0 Å². The average Bonchev–Trinajstić information content (AvgIpc) is 2.95. The van der Waals surface area contributed by atoms with Crippen LogP contribution >= 0.6 is 0 Å². The highest BCUT2D eigenvalue weighted by Crippen LogP contribution is 2.40. The van der Waals surface area contributed by atoms with Gasteiger partial charge in [-0.3, -0.25) is 4.68 Å². The molecule has 1 N–H and O–H groups in total. The summed E-state index contributed by atoms with van der Waals surface area (Å²) in [6.45, 7) is 3.50. The van der Waals surface area contributed by atoms with Crippen LogP contribution in [0.3, 0.4) is 0 Å². The predicted molar refractivity (Wildman–Crippen MR) is 72.2 cm³/mol. The molecule has 19 heavy (non-hydrogen) atoms. The van der Waals surface area contributed by atoms with Crippen LogP contribution in [0, 0.1) is 0 Å². The Bertz CT molecular complexity index is 565. The molecule has 0 amide bonds. The second-order valence-corrected chi connectivity index (χ2v) is 4.86. The van der Waals surface area contributed by atoms with E-state index in [-0.39, 0.29) is 5.92 Å². The van der Waals surface area contributed by atoms with Crippen LogP contribution in [0.5, 0.6) is 5.75 Å². The molecule has 3 rings (SSSR count). The maximum atomic E-state index is 10.6. The zero-order valence-electron chi connectivity index (χ0n) is 11.0. The third-order valence-electron chi connectivity index (χ3n) is 3.70. The normalized spacial score (nSPS) is 19.6. The zero-order chi connectivity index (χ0) is 13.2. The van der Waals surface area contributed by atoms with Crippen molar-refractivity contribution in [1.82, 2.24) is 9.78 Å². The van der Waals surface area contributed by atoms with E-state index in [2.05, 4.69) is 5.10 Å². The Morgan fingerprint density at radius 3 is 3.11 bits per heavy atom. The molecule has 1 aliphatic heterocycles. The fourth-order valence-electron chi connectivity index (χ4n) is 2.64. The molecular formula is C15H18N2O2. The molecule has 0 bridgehead atoms. The van der Waals surface area contributed by atoms with Crippen LogP contribution in [0.4, 0.5) is 0 Å². The number of para-hydroxylation sites is 1. The van der Waals surface area contributed by atoms with Gasteiger partial charge >= 0.3 is 0 Å². The summed E-state index contributed by atoms with van der Waals surface area (Å²) in [6, 6.07) is 7.95. The van der Waals surface area contributed by atoms with Crippen molar-refractivity contribution < 1.29 is 9.84 Å². The van der Waals surface area contributed by atoms with E-state index in [0.717, 1.165) is 29.8 Å². The minimum absolute atomic E-state index is 0.0828. The van der Waals surface area contributed by atoms with Gasteiger partial charge < -0.3 is 9.84 Å². The van der Waals surface area contributed by atoms with Crippen molar-refractivity contribution in [2.24, 2.45) is 0 Å². The fourth-order valence-corrected chi connectivity index (χ4v) is 2.64. The first-order chi connectivity index (χ1) is 9.29. The maximum Gasteiger partial charge on any atom is 0.122 e. The standard InChI is InChI=1S/C15H18N2O2/c1-2-17-10-11(9-16-17)15(18)13-7-8-19-14-6-4-3-5-12(13)14/h3-6,9-10,13,15,18H,2,7-8H2,1H3. The quantitative estimate of drug-likeness (QED) is 0.920. The van der Waals surface area contributed by atoms with E-state index in [1.54, 1.807) is 6.20 Å². The molecular weight excluding hydrogens is 240 g/mol. The number of fused-ring (bicyclic) bond motifs is 1. The Balaban J connectivity index is 1.90. The van der Waals surface area contributed by atoms with Gasteiger partial charge in [-0.15, -0.1) is 0 Å². The largest absolute Gasteiger partial charge is 0.493 e. The summed E-state index contributed by atoms with van der Waals surface area (Å²) in [5.74, 6) is 0.972. The van der Waals surface area contributed by atoms with Gasteiger partial charge in [-0.2, -0.15) is 5.10 Å². The molecule has 100 valence electrons. The number of nitrogens with zero attached hydrogens (tertiary/aromatic N) is 2. The number of aromatic nitrogens is 2. The van der Waals surface area contributed by atoms with Crippen molar-refractivity contribution in [2.45, 2.75) is 31.9 Å². The monoisotopic (exact) mass is 258 g/mol. The van der Waals surface area contributed by atoms with E-state index in [1.165, 1.54) is 0 Å². The first-order valence-electron chi connectivity index (χ1n) is 6.71. The van der Waals surface area contributed by atoms with E-state index in [1.807, 2.05) is 42.1 Å². The zero-order valence-corrected chi connectivity index (χ0v) is 11.0. The maximum absolute atomic E-state index is 10.6. The van der Waals surface area contributed by atoms with Crippen LogP contribution in [0.15, 0.2) is 36.7 Å². The molecule has 2 unspecified atom stereocenters. The third-order valence-corrected chi connectivity index (χ3v) is 3.70. The lowest BCUT2D eigenvalue weighted by Crippen LogP contribution is -2.19. The van der Waals surface area contributed by atoms with E-state index in [9.17, 15) is 5.11 Å². The van der Waals surface area contributed by atoms with Crippen LogP contribution in [-0.4, -0.2) is 21.5 Å². The van der Waals surface area contributed by atoms with Gasteiger partial charge in [-0.05, 0) is 19.4 Å². The molecule has 2 atom stereocenters. The van der Waals surface area contributed by atoms with Crippen LogP contribution in [0.1, 0.15) is 36.5 Å². The van der Waals surface area contributed by atoms with Crippen LogP contribution < -0.4 is 4.74 Å². The Morgan fingerprint density at radius 2 is 2.32 bits per heavy atom. The van der Waals surface area contributed by atoms with Crippen molar-refractivity contribution >= 4 is 0 Å². The number of benzene rings is 1. The van der Waals surface area contributed by atoms with Gasteiger partial charge in [0.05, 0.1) is 18.9 Å². The Labute approximate surface area is 112 Å². The summed E-state index contributed by atoms with van der Waals surface area (Å²) in [7, 11) is 0. The number of aliphatic hydroxyl groups excluding tert-OH is 1. The third kappa shape index (κ3) is 2.24. The van der Waals surface area contributed by atoms with Gasteiger partial charge in [0.15, 0.2) is 0 Å². The fraction of sp³-hybridized carbons (Fsp3) is 0.400. The summed E-state index contributed by atoms with van der Waals surface area (Å²) in [6.07, 6.45) is 3.98. The number of hydrogen-bond acceptors (Lipinski definition) is 3. The lowest BCUT2D eigenvalue weighted by atomic mass is 9.86. The molecule has 0 saturated heterocycles. The van der Waals surface area contributed by atoms with Crippen molar-refractivity contribution in [3.05, 3.63) is 47.8 Å². The SMILES string of the molecule is CCn1cc(C(O)C2CCOc3ccccc32)cn1. The van der Waals surface area contributed by atoms with Crippen LogP contribution in [0.2, 0.25) is 0 Å². The highest BCUT2D eigenvalue weighted by Gasteiger charge is 2.29. The number of ether oxygens (including phenoxy) is 1. The Kier molecular flexibility index (Phi) is 3.25. The molecule has 1 aliphatic rings. The summed E-state index contributed by atoms with van der Waals surface area (Å²) < 4.78 is 7.47. The lowest BCUT2D eigenvalue weighted by molar-refractivity contribution is 0.117. The Hall–Kier alpha value is -1.81. The van der Waals surface area contributed by atoms with Crippen molar-refractivity contribution in [1.29, 1.82) is 0 Å². The summed E-state index contributed by atoms with van der Waals surface area (Å²) in [5, 5.41) is 14.8. The van der Waals surface area contributed by atoms with Gasteiger partial charge in [-0.1, -0.05) is 18.2 Å². The first kappa shape index (κ1) is 12.2. The average molecular weight is 258 g/mol. The molecule has 4 nitrogen and oxygen atoms in total. The molecule has 0 radical (unpaired) electrons. The summed E-state index contributed by atoms with van der Waals surface area (Å²) >= 11 is 0. The summed E-state index contributed by atoms with van der Waals surface area (Å²) in [5.41, 5.74) is 1.97. The molecule has 0 saturated carbocycles. The van der Waals surface area contributed by atoms with Crippen molar-refractivity contribution in [3.8, 4) is 5.75 Å². The minimum atomic E-state index is -0.523. The van der Waals surface area contributed by atoms with Crippen molar-refractivity contribution in [3.63, 3.8) is 0 Å². The second-order valence-electron chi connectivity index (χ2n) is 4.86. The molecule has 1 aromatic heterocycles. The molecule has 0 aliphatic carbocycles. The topological polar surface area (TPSA) is 47.3 Å². The van der Waals surface area contributed by atoms with Gasteiger partial charge in [-0.25, -0.2) is 0 Å². The number of aryl methyl sites for hydroxylation is 1.